The zero-order chi connectivity index (χ0) is 15.2. The van der Waals surface area contributed by atoms with E-state index in [1.807, 2.05) is 24.3 Å². The Morgan fingerprint density at radius 3 is 2.95 bits per heavy atom. The minimum absolute atomic E-state index is 0.109. The lowest BCUT2D eigenvalue weighted by Crippen LogP contribution is -2.45. The molecule has 1 fully saturated rings. The third-order valence-corrected chi connectivity index (χ3v) is 4.78. The lowest BCUT2D eigenvalue weighted by Gasteiger charge is -2.23. The molecule has 1 aliphatic heterocycles. The second kappa shape index (κ2) is 7.51. The molecule has 1 aliphatic rings. The van der Waals surface area contributed by atoms with Gasteiger partial charge in [-0.25, -0.2) is 0 Å². The van der Waals surface area contributed by atoms with Gasteiger partial charge in [-0.2, -0.15) is 0 Å². The standard InChI is InChI=1S/C17H20N2O2S/c20-17(19-14-5-4-9-18-11-14)16-13(8-10-21-16)12-22-15-6-2-1-3-7-15/h1-3,6-8,10,14,18H,4-5,9,11-12H2,(H,19,20). The first kappa shape index (κ1) is 15.2. The average Bonchev–Trinajstić information content (AvgIpc) is 3.03. The molecule has 1 amide bonds. The fraction of sp³-hybridized carbons (Fsp3) is 0.353. The van der Waals surface area contributed by atoms with Crippen LogP contribution in [0.3, 0.4) is 0 Å². The van der Waals surface area contributed by atoms with Crippen LogP contribution < -0.4 is 10.6 Å². The summed E-state index contributed by atoms with van der Waals surface area (Å²) in [5, 5.41) is 6.35. The van der Waals surface area contributed by atoms with Crippen LogP contribution in [0.1, 0.15) is 29.0 Å². The van der Waals surface area contributed by atoms with Crippen molar-refractivity contribution in [1.29, 1.82) is 0 Å². The number of carbonyl (C=O) groups excluding carboxylic acids is 1. The highest BCUT2D eigenvalue weighted by atomic mass is 32.2. The van der Waals surface area contributed by atoms with Gasteiger partial charge >= 0.3 is 0 Å². The minimum atomic E-state index is -0.109. The lowest BCUT2D eigenvalue weighted by molar-refractivity contribution is 0.0901. The molecule has 1 saturated heterocycles. The summed E-state index contributed by atoms with van der Waals surface area (Å²) in [7, 11) is 0. The van der Waals surface area contributed by atoms with E-state index >= 15 is 0 Å². The SMILES string of the molecule is O=C(NC1CCCNC1)c1occc1CSc1ccccc1. The summed E-state index contributed by atoms with van der Waals surface area (Å²) >= 11 is 1.70. The molecule has 0 saturated carbocycles. The number of amides is 1. The van der Waals surface area contributed by atoms with Gasteiger partial charge in [0.2, 0.25) is 0 Å². The van der Waals surface area contributed by atoms with Gasteiger partial charge in [-0.15, -0.1) is 11.8 Å². The van der Waals surface area contributed by atoms with Gasteiger partial charge in [0.25, 0.3) is 5.91 Å². The molecule has 1 unspecified atom stereocenters. The highest BCUT2D eigenvalue weighted by Gasteiger charge is 2.20. The second-order valence-corrected chi connectivity index (χ2v) is 6.44. The topological polar surface area (TPSA) is 54.3 Å². The van der Waals surface area contributed by atoms with E-state index in [0.29, 0.717) is 5.76 Å². The molecule has 4 nitrogen and oxygen atoms in total. The Morgan fingerprint density at radius 1 is 1.32 bits per heavy atom. The number of piperidine rings is 1. The number of thioether (sulfide) groups is 1. The van der Waals surface area contributed by atoms with Gasteiger partial charge in [-0.05, 0) is 37.6 Å². The Labute approximate surface area is 134 Å². The van der Waals surface area contributed by atoms with Crippen LogP contribution in [-0.4, -0.2) is 25.0 Å². The molecule has 0 radical (unpaired) electrons. The Hall–Kier alpha value is -1.72. The molecule has 22 heavy (non-hydrogen) atoms. The van der Waals surface area contributed by atoms with Crippen LogP contribution in [-0.2, 0) is 5.75 Å². The minimum Gasteiger partial charge on any atom is -0.459 e. The summed E-state index contributed by atoms with van der Waals surface area (Å²) in [6, 6.07) is 12.2. The smallest absolute Gasteiger partial charge is 0.287 e. The maximum Gasteiger partial charge on any atom is 0.287 e. The highest BCUT2D eigenvalue weighted by molar-refractivity contribution is 7.98. The first-order valence-corrected chi connectivity index (χ1v) is 8.57. The van der Waals surface area contributed by atoms with Gasteiger partial charge in [0.05, 0.1) is 6.26 Å². The van der Waals surface area contributed by atoms with Crippen molar-refractivity contribution >= 4 is 17.7 Å². The van der Waals surface area contributed by atoms with E-state index in [-0.39, 0.29) is 11.9 Å². The van der Waals surface area contributed by atoms with Crippen LogP contribution >= 0.6 is 11.8 Å². The monoisotopic (exact) mass is 316 g/mol. The van der Waals surface area contributed by atoms with Gasteiger partial charge in [0, 0.05) is 28.8 Å². The summed E-state index contributed by atoms with van der Waals surface area (Å²) in [6.07, 6.45) is 3.71. The van der Waals surface area contributed by atoms with Crippen molar-refractivity contribution in [3.63, 3.8) is 0 Å². The third-order valence-electron chi connectivity index (χ3n) is 3.72. The molecule has 2 N–H and O–H groups in total. The third kappa shape index (κ3) is 3.93. The zero-order valence-corrected chi connectivity index (χ0v) is 13.2. The van der Waals surface area contributed by atoms with E-state index in [9.17, 15) is 4.79 Å². The molecule has 0 bridgehead atoms. The Kier molecular flexibility index (Phi) is 5.19. The van der Waals surface area contributed by atoms with Crippen LogP contribution in [0.5, 0.6) is 0 Å². The summed E-state index contributed by atoms with van der Waals surface area (Å²) in [4.78, 5) is 13.6. The molecule has 2 aromatic rings. The van der Waals surface area contributed by atoms with Gasteiger partial charge in [-0.3, -0.25) is 4.79 Å². The largest absolute Gasteiger partial charge is 0.459 e. The van der Waals surface area contributed by atoms with Crippen molar-refractivity contribution in [3.05, 3.63) is 54.0 Å². The maximum absolute atomic E-state index is 12.4. The molecule has 0 spiro atoms. The number of furan rings is 1. The van der Waals surface area contributed by atoms with E-state index in [2.05, 4.69) is 22.8 Å². The van der Waals surface area contributed by atoms with Crippen LogP contribution in [0.25, 0.3) is 0 Å². The first-order valence-electron chi connectivity index (χ1n) is 7.59. The van der Waals surface area contributed by atoms with Gasteiger partial charge in [0.1, 0.15) is 0 Å². The molecule has 0 aliphatic carbocycles. The molecule has 2 heterocycles. The highest BCUT2D eigenvalue weighted by Crippen LogP contribution is 2.25. The van der Waals surface area contributed by atoms with Gasteiger partial charge in [-0.1, -0.05) is 18.2 Å². The molecule has 1 aromatic heterocycles. The summed E-state index contributed by atoms with van der Waals surface area (Å²) in [5.41, 5.74) is 0.940. The van der Waals surface area contributed by atoms with Crippen LogP contribution in [0.15, 0.2) is 52.0 Å². The van der Waals surface area contributed by atoms with Crippen molar-refractivity contribution in [3.8, 4) is 0 Å². The molecule has 5 heteroatoms. The fourth-order valence-electron chi connectivity index (χ4n) is 2.55. The Balaban J connectivity index is 1.60. The molecule has 1 aromatic carbocycles. The van der Waals surface area contributed by atoms with Crippen molar-refractivity contribution in [2.45, 2.75) is 29.5 Å². The molecule has 116 valence electrons. The van der Waals surface area contributed by atoms with Crippen molar-refractivity contribution < 1.29 is 9.21 Å². The number of hydrogen-bond acceptors (Lipinski definition) is 4. The Bertz CT molecular complexity index is 606. The molecular weight excluding hydrogens is 296 g/mol. The Morgan fingerprint density at radius 2 is 2.18 bits per heavy atom. The van der Waals surface area contributed by atoms with Crippen LogP contribution in [0, 0.1) is 0 Å². The van der Waals surface area contributed by atoms with E-state index < -0.39 is 0 Å². The quantitative estimate of drug-likeness (QED) is 0.833. The fourth-order valence-corrected chi connectivity index (χ4v) is 3.45. The average molecular weight is 316 g/mol. The van der Waals surface area contributed by atoms with Gasteiger partial charge < -0.3 is 15.1 Å². The summed E-state index contributed by atoms with van der Waals surface area (Å²) in [5.74, 6) is 1.06. The summed E-state index contributed by atoms with van der Waals surface area (Å²) < 4.78 is 5.41. The number of rotatable bonds is 5. The van der Waals surface area contributed by atoms with E-state index in [1.165, 1.54) is 4.90 Å². The number of hydrogen-bond donors (Lipinski definition) is 2. The zero-order valence-electron chi connectivity index (χ0n) is 12.4. The normalized spacial score (nSPS) is 18.1. The molecule has 1 atom stereocenters. The van der Waals surface area contributed by atoms with E-state index in [1.54, 1.807) is 18.0 Å². The number of nitrogens with one attached hydrogen (secondary N) is 2. The van der Waals surface area contributed by atoms with Crippen molar-refractivity contribution in [2.75, 3.05) is 13.1 Å². The van der Waals surface area contributed by atoms with Crippen molar-refractivity contribution in [1.82, 2.24) is 10.6 Å². The predicted molar refractivity (Wildman–Crippen MR) is 88.1 cm³/mol. The number of benzene rings is 1. The number of carbonyl (C=O) groups is 1. The second-order valence-electron chi connectivity index (χ2n) is 5.39. The predicted octanol–water partition coefficient (Wildman–Crippen LogP) is 3.05. The van der Waals surface area contributed by atoms with Crippen LogP contribution in [0.4, 0.5) is 0 Å². The maximum atomic E-state index is 12.4. The lowest BCUT2D eigenvalue weighted by atomic mass is 10.1. The molecule has 3 rings (SSSR count). The van der Waals surface area contributed by atoms with E-state index in [0.717, 1.165) is 37.2 Å². The summed E-state index contributed by atoms with van der Waals surface area (Å²) in [6.45, 7) is 1.87. The van der Waals surface area contributed by atoms with Crippen molar-refractivity contribution in [2.24, 2.45) is 0 Å². The van der Waals surface area contributed by atoms with E-state index in [4.69, 9.17) is 4.42 Å². The van der Waals surface area contributed by atoms with Crippen LogP contribution in [0.2, 0.25) is 0 Å². The van der Waals surface area contributed by atoms with Gasteiger partial charge in [0.15, 0.2) is 5.76 Å². The first-order chi connectivity index (χ1) is 10.8. The molecular formula is C17H20N2O2S.